The molecule has 2 aromatic rings. The average molecular weight is 352 g/mol. The highest BCUT2D eigenvalue weighted by Gasteiger charge is 2.28. The lowest BCUT2D eigenvalue weighted by Crippen LogP contribution is -2.33. The monoisotopic (exact) mass is 351 g/mol. The average Bonchev–Trinajstić information content (AvgIpc) is 2.87. The Labute approximate surface area is 144 Å². The van der Waals surface area contributed by atoms with Crippen LogP contribution in [0, 0.1) is 6.92 Å². The van der Waals surface area contributed by atoms with Crippen LogP contribution in [-0.4, -0.2) is 23.8 Å². The first-order valence-electron chi connectivity index (χ1n) is 7.17. The van der Waals surface area contributed by atoms with Crippen molar-refractivity contribution in [1.82, 2.24) is 5.32 Å². The van der Waals surface area contributed by atoms with Crippen molar-refractivity contribution in [3.8, 4) is 16.9 Å². The summed E-state index contributed by atoms with van der Waals surface area (Å²) in [6.07, 6.45) is -0.648. The molecule has 0 spiro atoms. The molecule has 23 heavy (non-hydrogen) atoms. The Morgan fingerprint density at radius 3 is 2.70 bits per heavy atom. The van der Waals surface area contributed by atoms with E-state index in [1.165, 1.54) is 0 Å². The molecule has 2 aromatic carbocycles. The minimum atomic E-state index is -1.06. The summed E-state index contributed by atoms with van der Waals surface area (Å²) in [6.45, 7) is 2.23. The number of hydrogen-bond donors (Lipinski definition) is 2. The fraction of sp³-hybridized carbons (Fsp3) is 0.235. The highest BCUT2D eigenvalue weighted by Crippen LogP contribution is 2.44. The van der Waals surface area contributed by atoms with E-state index in [2.05, 4.69) is 5.32 Å². The van der Waals surface area contributed by atoms with Crippen molar-refractivity contribution < 1.29 is 14.6 Å². The third-order valence-corrected chi connectivity index (χ3v) is 4.39. The molecule has 1 unspecified atom stereocenters. The summed E-state index contributed by atoms with van der Waals surface area (Å²) in [5.41, 5.74) is 3.69. The van der Waals surface area contributed by atoms with Gasteiger partial charge in [0, 0.05) is 17.5 Å². The quantitative estimate of drug-likeness (QED) is 0.853. The van der Waals surface area contributed by atoms with E-state index in [-0.39, 0.29) is 12.6 Å². The van der Waals surface area contributed by atoms with E-state index in [0.717, 1.165) is 28.0 Å². The molecule has 120 valence electrons. The molecule has 0 bridgehead atoms. The lowest BCUT2D eigenvalue weighted by atomic mass is 9.97. The molecule has 1 aliphatic heterocycles. The summed E-state index contributed by atoms with van der Waals surface area (Å²) in [6, 6.07) is 9.40. The van der Waals surface area contributed by atoms with Gasteiger partial charge in [-0.25, -0.2) is 4.79 Å². The highest BCUT2D eigenvalue weighted by molar-refractivity contribution is 6.39. The van der Waals surface area contributed by atoms with Crippen molar-refractivity contribution in [2.75, 3.05) is 6.54 Å². The maximum atomic E-state index is 10.7. The first-order valence-corrected chi connectivity index (χ1v) is 7.92. The number of ether oxygens (including phenoxy) is 1. The van der Waals surface area contributed by atoms with Crippen molar-refractivity contribution in [3.05, 3.63) is 51.5 Å². The van der Waals surface area contributed by atoms with Gasteiger partial charge >= 0.3 is 6.09 Å². The Hall–Kier alpha value is -1.91. The maximum Gasteiger partial charge on any atom is 0.404 e. The molecule has 1 aliphatic rings. The fourth-order valence-corrected chi connectivity index (χ4v) is 3.45. The van der Waals surface area contributed by atoms with E-state index in [9.17, 15) is 4.79 Å². The molecular formula is C17H15Cl2NO3. The standard InChI is InChI=1S/C17H15Cl2NO3/c1-9-5-10-7-11(8-20-17(21)22)23-16(10)12(6-9)15-13(18)3-2-4-14(15)19/h2-6,11,20H,7-8H2,1H3,(H,21,22). The SMILES string of the molecule is Cc1cc2c(c(-c3c(Cl)cccc3Cl)c1)OC(CNC(=O)O)C2. The molecule has 6 heteroatoms. The molecule has 4 nitrogen and oxygen atoms in total. The zero-order valence-corrected chi connectivity index (χ0v) is 13.9. The maximum absolute atomic E-state index is 10.7. The second-order valence-electron chi connectivity index (χ2n) is 5.53. The summed E-state index contributed by atoms with van der Waals surface area (Å²) in [5.74, 6) is 0.725. The smallest absolute Gasteiger partial charge is 0.404 e. The number of hydrogen-bond acceptors (Lipinski definition) is 2. The fourth-order valence-electron chi connectivity index (χ4n) is 2.85. The van der Waals surface area contributed by atoms with Gasteiger partial charge in [-0.05, 0) is 36.2 Å². The third kappa shape index (κ3) is 3.23. The number of aryl methyl sites for hydroxylation is 1. The van der Waals surface area contributed by atoms with E-state index in [1.54, 1.807) is 18.2 Å². The molecule has 2 N–H and O–H groups in total. The van der Waals surface area contributed by atoms with Gasteiger partial charge in [0.1, 0.15) is 11.9 Å². The number of nitrogens with one attached hydrogen (secondary N) is 1. The Morgan fingerprint density at radius 1 is 1.35 bits per heavy atom. The van der Waals surface area contributed by atoms with Crippen molar-refractivity contribution in [2.45, 2.75) is 19.4 Å². The molecule has 0 fully saturated rings. The van der Waals surface area contributed by atoms with Gasteiger partial charge in [-0.2, -0.15) is 0 Å². The van der Waals surface area contributed by atoms with Crippen LogP contribution in [0.1, 0.15) is 11.1 Å². The van der Waals surface area contributed by atoms with Crippen LogP contribution in [0.5, 0.6) is 5.75 Å². The molecule has 1 atom stereocenters. The van der Waals surface area contributed by atoms with Gasteiger partial charge < -0.3 is 15.2 Å². The molecule has 3 rings (SSSR count). The van der Waals surface area contributed by atoms with Gasteiger partial charge in [0.2, 0.25) is 0 Å². The van der Waals surface area contributed by atoms with Crippen molar-refractivity contribution in [2.24, 2.45) is 0 Å². The Morgan fingerprint density at radius 2 is 2.04 bits per heavy atom. The number of carbonyl (C=O) groups is 1. The van der Waals surface area contributed by atoms with Crippen molar-refractivity contribution >= 4 is 29.3 Å². The first kappa shape index (κ1) is 16.0. The van der Waals surface area contributed by atoms with Gasteiger partial charge in [0.05, 0.1) is 16.6 Å². The minimum Gasteiger partial charge on any atom is -0.487 e. The molecule has 0 aromatic heterocycles. The minimum absolute atomic E-state index is 0.233. The van der Waals surface area contributed by atoms with Crippen LogP contribution in [0.2, 0.25) is 10.0 Å². The molecule has 1 amide bonds. The lowest BCUT2D eigenvalue weighted by Gasteiger charge is -2.15. The predicted octanol–water partition coefficient (Wildman–Crippen LogP) is 4.54. The second-order valence-corrected chi connectivity index (χ2v) is 6.34. The molecule has 0 radical (unpaired) electrons. The normalized spacial score (nSPS) is 15.9. The number of halogens is 2. The van der Waals surface area contributed by atoms with Gasteiger partial charge in [0.25, 0.3) is 0 Å². The van der Waals surface area contributed by atoms with Crippen molar-refractivity contribution in [3.63, 3.8) is 0 Å². The number of carboxylic acid groups (broad SMARTS) is 1. The van der Waals surface area contributed by atoms with Crippen molar-refractivity contribution in [1.29, 1.82) is 0 Å². The van der Waals surface area contributed by atoms with Gasteiger partial charge in [-0.3, -0.25) is 0 Å². The molecule has 0 saturated heterocycles. The van der Waals surface area contributed by atoms with Crippen LogP contribution in [0.3, 0.4) is 0 Å². The number of amides is 1. The Bertz CT molecular complexity index is 756. The summed E-state index contributed by atoms with van der Waals surface area (Å²) >= 11 is 12.7. The van der Waals surface area contributed by atoms with E-state index >= 15 is 0 Å². The Balaban J connectivity index is 2.01. The first-order chi connectivity index (χ1) is 11.0. The zero-order chi connectivity index (χ0) is 16.6. The van der Waals surface area contributed by atoms with E-state index in [4.69, 9.17) is 33.0 Å². The van der Waals surface area contributed by atoms with E-state index in [1.807, 2.05) is 19.1 Å². The van der Waals surface area contributed by atoms with Crippen LogP contribution < -0.4 is 10.1 Å². The largest absolute Gasteiger partial charge is 0.487 e. The number of rotatable bonds is 3. The summed E-state index contributed by atoms with van der Waals surface area (Å²) in [4.78, 5) is 10.7. The zero-order valence-electron chi connectivity index (χ0n) is 12.4. The topological polar surface area (TPSA) is 58.6 Å². The molecule has 0 saturated carbocycles. The van der Waals surface area contributed by atoms with Crippen LogP contribution in [0.4, 0.5) is 4.79 Å². The Kier molecular flexibility index (Phi) is 4.37. The molecule has 0 aliphatic carbocycles. The van der Waals surface area contributed by atoms with Crippen LogP contribution in [0.25, 0.3) is 11.1 Å². The van der Waals surface area contributed by atoms with E-state index in [0.29, 0.717) is 16.5 Å². The lowest BCUT2D eigenvalue weighted by molar-refractivity contribution is 0.181. The van der Waals surface area contributed by atoms with Gasteiger partial charge in [0.15, 0.2) is 0 Å². The molecule has 1 heterocycles. The van der Waals surface area contributed by atoms with Crippen LogP contribution >= 0.6 is 23.2 Å². The van der Waals surface area contributed by atoms with E-state index < -0.39 is 6.09 Å². The second kappa shape index (κ2) is 6.30. The predicted molar refractivity (Wildman–Crippen MR) is 90.8 cm³/mol. The summed E-state index contributed by atoms with van der Waals surface area (Å²) < 4.78 is 5.96. The highest BCUT2D eigenvalue weighted by atomic mass is 35.5. The van der Waals surface area contributed by atoms with Crippen LogP contribution in [-0.2, 0) is 6.42 Å². The van der Waals surface area contributed by atoms with Crippen LogP contribution in [0.15, 0.2) is 30.3 Å². The number of fused-ring (bicyclic) bond motifs is 1. The summed E-state index contributed by atoms with van der Waals surface area (Å²) in [5, 5.41) is 12.2. The van der Waals surface area contributed by atoms with Gasteiger partial charge in [-0.15, -0.1) is 0 Å². The summed E-state index contributed by atoms with van der Waals surface area (Å²) in [7, 11) is 0. The third-order valence-electron chi connectivity index (χ3n) is 3.76. The molecular weight excluding hydrogens is 337 g/mol. The van der Waals surface area contributed by atoms with Gasteiger partial charge in [-0.1, -0.05) is 35.3 Å². The number of benzene rings is 2.